The van der Waals surface area contributed by atoms with Gasteiger partial charge in [-0.15, -0.1) is 0 Å². The number of fused-ring (bicyclic) bond motifs is 1. The van der Waals surface area contributed by atoms with E-state index in [1.165, 1.54) is 5.56 Å². The summed E-state index contributed by atoms with van der Waals surface area (Å²) < 4.78 is 2.13. The lowest BCUT2D eigenvalue weighted by atomic mass is 10.2. The number of carboxylic acids is 1. The van der Waals surface area contributed by atoms with Crippen LogP contribution in [0.15, 0.2) is 48.5 Å². The van der Waals surface area contributed by atoms with Gasteiger partial charge in [-0.2, -0.15) is 0 Å². The molecule has 4 heteroatoms. The van der Waals surface area contributed by atoms with Crippen LogP contribution in [0.5, 0.6) is 0 Å². The third-order valence-corrected chi connectivity index (χ3v) is 3.73. The second-order valence-corrected chi connectivity index (χ2v) is 5.36. The molecular formula is C18H18N2O2. The lowest BCUT2D eigenvalue weighted by Gasteiger charge is -2.09. The van der Waals surface area contributed by atoms with Crippen LogP contribution in [0.25, 0.3) is 11.0 Å². The first-order valence-electron chi connectivity index (χ1n) is 7.45. The van der Waals surface area contributed by atoms with E-state index in [2.05, 4.69) is 28.6 Å². The molecule has 0 saturated carbocycles. The van der Waals surface area contributed by atoms with Crippen LogP contribution in [-0.2, 0) is 13.0 Å². The molecule has 0 aliphatic carbocycles. The van der Waals surface area contributed by atoms with E-state index in [0.29, 0.717) is 12.1 Å². The maximum atomic E-state index is 11.2. The number of carboxylic acid groups (broad SMARTS) is 1. The molecular weight excluding hydrogens is 276 g/mol. The first-order chi connectivity index (χ1) is 10.7. The smallest absolute Gasteiger partial charge is 0.335 e. The SMILES string of the molecule is CCCc1nc2ccc(C(=O)O)cc2n1Cc1ccccc1. The number of benzene rings is 2. The quantitative estimate of drug-likeness (QED) is 0.780. The molecule has 2 aromatic carbocycles. The highest BCUT2D eigenvalue weighted by molar-refractivity contribution is 5.92. The second kappa shape index (κ2) is 6.02. The minimum atomic E-state index is -0.911. The highest BCUT2D eigenvalue weighted by Gasteiger charge is 2.13. The predicted molar refractivity (Wildman–Crippen MR) is 86.2 cm³/mol. The minimum absolute atomic E-state index is 0.296. The molecule has 3 aromatic rings. The molecule has 0 bridgehead atoms. The molecule has 0 fully saturated rings. The Labute approximate surface area is 129 Å². The van der Waals surface area contributed by atoms with Gasteiger partial charge in [-0.25, -0.2) is 9.78 Å². The van der Waals surface area contributed by atoms with E-state index in [4.69, 9.17) is 0 Å². The zero-order chi connectivity index (χ0) is 15.5. The summed E-state index contributed by atoms with van der Waals surface area (Å²) in [5.41, 5.74) is 3.21. The zero-order valence-electron chi connectivity index (χ0n) is 12.5. The van der Waals surface area contributed by atoms with Crippen molar-refractivity contribution in [3.8, 4) is 0 Å². The third kappa shape index (κ3) is 2.72. The normalized spacial score (nSPS) is 11.0. The standard InChI is InChI=1S/C18H18N2O2/c1-2-6-17-19-15-10-9-14(18(21)22)11-16(15)20(17)12-13-7-4-3-5-8-13/h3-5,7-11H,2,6,12H2,1H3,(H,21,22). The van der Waals surface area contributed by atoms with Gasteiger partial charge in [0.15, 0.2) is 0 Å². The lowest BCUT2D eigenvalue weighted by Crippen LogP contribution is -2.05. The molecule has 0 unspecified atom stereocenters. The monoisotopic (exact) mass is 294 g/mol. The van der Waals surface area contributed by atoms with Gasteiger partial charge >= 0.3 is 5.97 Å². The van der Waals surface area contributed by atoms with Gasteiger partial charge in [-0.3, -0.25) is 0 Å². The van der Waals surface area contributed by atoms with E-state index < -0.39 is 5.97 Å². The van der Waals surface area contributed by atoms with E-state index in [1.807, 2.05) is 18.2 Å². The minimum Gasteiger partial charge on any atom is -0.478 e. The van der Waals surface area contributed by atoms with Crippen LogP contribution in [0.4, 0.5) is 0 Å². The first kappa shape index (κ1) is 14.3. The summed E-state index contributed by atoms with van der Waals surface area (Å²) in [5.74, 6) is 0.0929. The summed E-state index contributed by atoms with van der Waals surface area (Å²) in [7, 11) is 0. The second-order valence-electron chi connectivity index (χ2n) is 5.36. The number of imidazole rings is 1. The Hall–Kier alpha value is -2.62. The molecule has 0 aliphatic rings. The van der Waals surface area contributed by atoms with E-state index in [9.17, 15) is 9.90 Å². The van der Waals surface area contributed by atoms with Crippen LogP contribution >= 0.6 is 0 Å². The molecule has 22 heavy (non-hydrogen) atoms. The molecule has 0 radical (unpaired) electrons. The van der Waals surface area contributed by atoms with Crippen molar-refractivity contribution in [2.24, 2.45) is 0 Å². The van der Waals surface area contributed by atoms with Crippen LogP contribution in [0.3, 0.4) is 0 Å². The van der Waals surface area contributed by atoms with Crippen LogP contribution in [0.2, 0.25) is 0 Å². The Balaban J connectivity index is 2.12. The number of hydrogen-bond donors (Lipinski definition) is 1. The lowest BCUT2D eigenvalue weighted by molar-refractivity contribution is 0.0697. The Bertz CT molecular complexity index is 807. The van der Waals surface area contributed by atoms with Crippen molar-refractivity contribution in [3.05, 3.63) is 65.5 Å². The molecule has 3 rings (SSSR count). The molecule has 0 aliphatic heterocycles. The van der Waals surface area contributed by atoms with Crippen LogP contribution in [-0.4, -0.2) is 20.6 Å². The van der Waals surface area contributed by atoms with Crippen LogP contribution in [0, 0.1) is 0 Å². The molecule has 1 N–H and O–H groups in total. The fourth-order valence-corrected chi connectivity index (χ4v) is 2.66. The van der Waals surface area contributed by atoms with Gasteiger partial charge in [-0.05, 0) is 30.2 Å². The maximum absolute atomic E-state index is 11.2. The summed E-state index contributed by atoms with van der Waals surface area (Å²) in [5, 5.41) is 9.21. The maximum Gasteiger partial charge on any atom is 0.335 e. The van der Waals surface area contributed by atoms with Crippen molar-refractivity contribution >= 4 is 17.0 Å². The number of aromatic nitrogens is 2. The van der Waals surface area contributed by atoms with Gasteiger partial charge in [0.2, 0.25) is 0 Å². The third-order valence-electron chi connectivity index (χ3n) is 3.73. The van der Waals surface area contributed by atoms with Crippen molar-refractivity contribution in [1.82, 2.24) is 9.55 Å². The molecule has 0 atom stereocenters. The van der Waals surface area contributed by atoms with Crippen molar-refractivity contribution in [1.29, 1.82) is 0 Å². The van der Waals surface area contributed by atoms with Crippen molar-refractivity contribution in [2.45, 2.75) is 26.3 Å². The number of hydrogen-bond acceptors (Lipinski definition) is 2. The largest absolute Gasteiger partial charge is 0.478 e. The van der Waals surface area contributed by atoms with Crippen LogP contribution in [0.1, 0.15) is 35.1 Å². The zero-order valence-corrected chi connectivity index (χ0v) is 12.5. The molecule has 0 amide bonds. The van der Waals surface area contributed by atoms with Gasteiger partial charge < -0.3 is 9.67 Å². The number of rotatable bonds is 5. The Kier molecular flexibility index (Phi) is 3.92. The van der Waals surface area contributed by atoms with E-state index in [1.54, 1.807) is 18.2 Å². The average Bonchev–Trinajstić information content (AvgIpc) is 2.86. The molecule has 0 spiro atoms. The van der Waals surface area contributed by atoms with E-state index in [-0.39, 0.29) is 0 Å². The van der Waals surface area contributed by atoms with Gasteiger partial charge in [0.05, 0.1) is 16.6 Å². The summed E-state index contributed by atoms with van der Waals surface area (Å²) in [6.45, 7) is 2.82. The Morgan fingerprint density at radius 2 is 1.95 bits per heavy atom. The van der Waals surface area contributed by atoms with Gasteiger partial charge in [0.25, 0.3) is 0 Å². The van der Waals surface area contributed by atoms with Gasteiger partial charge in [-0.1, -0.05) is 37.3 Å². The highest BCUT2D eigenvalue weighted by atomic mass is 16.4. The van der Waals surface area contributed by atoms with E-state index in [0.717, 1.165) is 29.7 Å². The van der Waals surface area contributed by atoms with Crippen molar-refractivity contribution in [3.63, 3.8) is 0 Å². The Morgan fingerprint density at radius 1 is 1.18 bits per heavy atom. The van der Waals surface area contributed by atoms with Crippen molar-refractivity contribution in [2.75, 3.05) is 0 Å². The van der Waals surface area contributed by atoms with Gasteiger partial charge in [0.1, 0.15) is 5.82 Å². The number of carbonyl (C=O) groups is 1. The molecule has 112 valence electrons. The van der Waals surface area contributed by atoms with E-state index >= 15 is 0 Å². The highest BCUT2D eigenvalue weighted by Crippen LogP contribution is 2.21. The summed E-state index contributed by atoms with van der Waals surface area (Å²) >= 11 is 0. The topological polar surface area (TPSA) is 55.1 Å². The number of aromatic carboxylic acids is 1. The Morgan fingerprint density at radius 3 is 2.64 bits per heavy atom. The fraction of sp³-hybridized carbons (Fsp3) is 0.222. The average molecular weight is 294 g/mol. The number of aryl methyl sites for hydroxylation is 1. The molecule has 1 aromatic heterocycles. The summed E-state index contributed by atoms with van der Waals surface area (Å²) in [6.07, 6.45) is 1.88. The fourth-order valence-electron chi connectivity index (χ4n) is 2.66. The van der Waals surface area contributed by atoms with Gasteiger partial charge in [0, 0.05) is 13.0 Å². The molecule has 1 heterocycles. The van der Waals surface area contributed by atoms with Crippen LogP contribution < -0.4 is 0 Å². The van der Waals surface area contributed by atoms with Crippen molar-refractivity contribution < 1.29 is 9.90 Å². The predicted octanol–water partition coefficient (Wildman–Crippen LogP) is 3.74. The number of nitrogens with zero attached hydrogens (tertiary/aromatic N) is 2. The molecule has 4 nitrogen and oxygen atoms in total. The summed E-state index contributed by atoms with van der Waals surface area (Å²) in [6, 6.07) is 15.3. The summed E-state index contributed by atoms with van der Waals surface area (Å²) in [4.78, 5) is 15.9. The first-order valence-corrected chi connectivity index (χ1v) is 7.45. The molecule has 0 saturated heterocycles.